The summed E-state index contributed by atoms with van der Waals surface area (Å²) in [6.07, 6.45) is 0. The summed E-state index contributed by atoms with van der Waals surface area (Å²) < 4.78 is 3.31. The molecule has 0 amide bonds. The van der Waals surface area contributed by atoms with Gasteiger partial charge in [0.15, 0.2) is 14.7 Å². The molecule has 4 heteroatoms. The van der Waals surface area contributed by atoms with Crippen LogP contribution in [0.3, 0.4) is 0 Å². The number of halogens is 3. The maximum absolute atomic E-state index is 3.52. The number of benzene rings is 3. The summed E-state index contributed by atoms with van der Waals surface area (Å²) >= 11 is 10.6. The molecule has 110 valence electrons. The van der Waals surface area contributed by atoms with Gasteiger partial charge in [0.25, 0.3) is 0 Å². The first-order chi connectivity index (χ1) is 10.6. The van der Waals surface area contributed by atoms with Crippen molar-refractivity contribution >= 4 is 58.7 Å². The van der Waals surface area contributed by atoms with Gasteiger partial charge in [-0.3, -0.25) is 0 Å². The van der Waals surface area contributed by atoms with E-state index in [1.807, 2.05) is 0 Å². The molecule has 3 aromatic carbocycles. The fourth-order valence-corrected chi connectivity index (χ4v) is 4.95. The summed E-state index contributed by atoms with van der Waals surface area (Å²) in [6.45, 7) is 0. The summed E-state index contributed by atoms with van der Waals surface area (Å²) in [5, 5.41) is 0. The van der Waals surface area contributed by atoms with Crippen molar-refractivity contribution in [3.63, 3.8) is 0 Å². The molecule has 0 heterocycles. The Morgan fingerprint density at radius 1 is 0.409 bits per heavy atom. The van der Waals surface area contributed by atoms with Crippen LogP contribution in [0.4, 0.5) is 0 Å². The highest BCUT2D eigenvalue weighted by atomic mass is 79.9. The molecule has 3 rings (SSSR count). The summed E-state index contributed by atoms with van der Waals surface area (Å²) in [7, 11) is -0.102. The predicted octanol–water partition coefficient (Wildman–Crippen LogP) is 7.07. The Morgan fingerprint density at radius 3 is 0.864 bits per heavy atom. The molecule has 0 saturated heterocycles. The van der Waals surface area contributed by atoms with Crippen LogP contribution in [0.15, 0.2) is 101 Å². The minimum Gasteiger partial charge on any atom is -0.0508 e. The van der Waals surface area contributed by atoms with Crippen LogP contribution in [0.25, 0.3) is 0 Å². The molecule has 0 saturated carbocycles. The first-order valence-electron chi connectivity index (χ1n) is 6.64. The highest BCUT2D eigenvalue weighted by Crippen LogP contribution is 2.33. The highest BCUT2D eigenvalue weighted by Gasteiger charge is 2.28. The molecule has 0 spiro atoms. The summed E-state index contributed by atoms with van der Waals surface area (Å²) in [4.78, 5) is 3.94. The van der Waals surface area contributed by atoms with Gasteiger partial charge in [0, 0.05) is 13.4 Å². The Balaban J connectivity index is 2.10. The average molecular weight is 500 g/mol. The van der Waals surface area contributed by atoms with Gasteiger partial charge in [0.05, 0.1) is 10.9 Å². The number of rotatable bonds is 3. The van der Waals surface area contributed by atoms with E-state index in [0.717, 1.165) is 13.4 Å². The Hall–Kier alpha value is -0.550. The van der Waals surface area contributed by atoms with Gasteiger partial charge in [0.1, 0.15) is 0 Å². The zero-order chi connectivity index (χ0) is 15.5. The highest BCUT2D eigenvalue weighted by molar-refractivity contribution is 9.11. The van der Waals surface area contributed by atoms with Crippen molar-refractivity contribution in [2.24, 2.45) is 0 Å². The zero-order valence-electron chi connectivity index (χ0n) is 11.5. The van der Waals surface area contributed by atoms with Crippen LogP contribution in [0, 0.1) is 0 Å². The Morgan fingerprint density at radius 2 is 0.636 bits per heavy atom. The van der Waals surface area contributed by atoms with Gasteiger partial charge in [-0.25, -0.2) is 0 Å². The lowest BCUT2D eigenvalue weighted by Crippen LogP contribution is -2.04. The molecule has 0 N–H and O–H groups in total. The fraction of sp³-hybridized carbons (Fsp3) is 0. The van der Waals surface area contributed by atoms with Crippen molar-refractivity contribution in [2.75, 3.05) is 0 Å². The second-order valence-electron chi connectivity index (χ2n) is 4.67. The van der Waals surface area contributed by atoms with E-state index in [-0.39, 0.29) is 10.9 Å². The van der Waals surface area contributed by atoms with Crippen LogP contribution in [-0.2, 0) is 10.9 Å². The Bertz CT molecular complexity index is 642. The molecule has 0 radical (unpaired) electrons. The van der Waals surface area contributed by atoms with Crippen molar-refractivity contribution in [3.8, 4) is 0 Å². The van der Waals surface area contributed by atoms with E-state index in [0.29, 0.717) is 0 Å². The van der Waals surface area contributed by atoms with Crippen molar-refractivity contribution < 1.29 is 0 Å². The molecule has 0 aliphatic heterocycles. The van der Waals surface area contributed by atoms with Gasteiger partial charge in [-0.15, -0.1) is 0 Å². The SMILES string of the molecule is Brc1ccc([S+](c2ccc(Br)cc2)c2ccc(Br)cc2)cc1. The van der Waals surface area contributed by atoms with Crippen LogP contribution in [0.2, 0.25) is 0 Å². The molecule has 0 fully saturated rings. The molecule has 0 atom stereocenters. The maximum atomic E-state index is 3.52. The van der Waals surface area contributed by atoms with E-state index in [1.165, 1.54) is 14.7 Å². The first-order valence-corrected chi connectivity index (χ1v) is 10.2. The number of hydrogen-bond donors (Lipinski definition) is 0. The molecular weight excluding hydrogens is 488 g/mol. The smallest absolute Gasteiger partial charge is 0.0508 e. The monoisotopic (exact) mass is 497 g/mol. The van der Waals surface area contributed by atoms with Crippen LogP contribution in [-0.4, -0.2) is 0 Å². The van der Waals surface area contributed by atoms with Gasteiger partial charge in [-0.2, -0.15) is 0 Å². The molecule has 0 aliphatic rings. The van der Waals surface area contributed by atoms with Gasteiger partial charge >= 0.3 is 0 Å². The second-order valence-corrected chi connectivity index (χ2v) is 9.44. The second kappa shape index (κ2) is 7.35. The lowest BCUT2D eigenvalue weighted by atomic mass is 10.4. The standard InChI is InChI=1S/C18H12Br3S/c19-13-1-7-16(8-2-13)22(17-9-3-14(20)4-10-17)18-11-5-15(21)6-12-18/h1-12H/q+1. The van der Waals surface area contributed by atoms with Crippen LogP contribution < -0.4 is 0 Å². The molecule has 0 unspecified atom stereocenters. The molecule has 3 aromatic rings. The third-order valence-corrected chi connectivity index (χ3v) is 6.96. The van der Waals surface area contributed by atoms with Gasteiger partial charge in [-0.05, 0) is 72.8 Å². The summed E-state index contributed by atoms with van der Waals surface area (Å²) in [5.41, 5.74) is 0. The fourth-order valence-electron chi connectivity index (χ4n) is 2.12. The van der Waals surface area contributed by atoms with Crippen molar-refractivity contribution in [3.05, 3.63) is 86.2 Å². The van der Waals surface area contributed by atoms with Gasteiger partial charge in [-0.1, -0.05) is 47.8 Å². The van der Waals surface area contributed by atoms with E-state index < -0.39 is 0 Å². The van der Waals surface area contributed by atoms with Crippen LogP contribution in [0.1, 0.15) is 0 Å². The lowest BCUT2D eigenvalue weighted by Gasteiger charge is -2.08. The maximum Gasteiger partial charge on any atom is 0.166 e. The molecule has 0 nitrogen and oxygen atoms in total. The van der Waals surface area contributed by atoms with E-state index in [4.69, 9.17) is 0 Å². The summed E-state index contributed by atoms with van der Waals surface area (Å²) in [5.74, 6) is 0. The minimum atomic E-state index is -0.102. The largest absolute Gasteiger partial charge is 0.166 e. The third-order valence-electron chi connectivity index (χ3n) is 3.15. The van der Waals surface area contributed by atoms with E-state index in [9.17, 15) is 0 Å². The van der Waals surface area contributed by atoms with Crippen molar-refractivity contribution in [1.82, 2.24) is 0 Å². The molecular formula is C18H12Br3S+. The first kappa shape index (κ1) is 16.3. The van der Waals surface area contributed by atoms with Crippen molar-refractivity contribution in [1.29, 1.82) is 0 Å². The molecule has 0 aliphatic carbocycles. The van der Waals surface area contributed by atoms with Gasteiger partial charge < -0.3 is 0 Å². The van der Waals surface area contributed by atoms with E-state index >= 15 is 0 Å². The number of hydrogen-bond acceptors (Lipinski definition) is 0. The Kier molecular flexibility index (Phi) is 5.45. The van der Waals surface area contributed by atoms with Gasteiger partial charge in [0.2, 0.25) is 0 Å². The lowest BCUT2D eigenvalue weighted by molar-refractivity contribution is 1.31. The topological polar surface area (TPSA) is 0 Å². The van der Waals surface area contributed by atoms with E-state index in [1.54, 1.807) is 0 Å². The van der Waals surface area contributed by atoms with E-state index in [2.05, 4.69) is 121 Å². The Labute approximate surface area is 158 Å². The third kappa shape index (κ3) is 3.85. The normalized spacial score (nSPS) is 10.9. The molecule has 0 aromatic heterocycles. The molecule has 22 heavy (non-hydrogen) atoms. The predicted molar refractivity (Wildman–Crippen MR) is 105 cm³/mol. The van der Waals surface area contributed by atoms with Crippen LogP contribution >= 0.6 is 47.8 Å². The average Bonchev–Trinajstić information content (AvgIpc) is 2.53. The minimum absolute atomic E-state index is 0.102. The quantitative estimate of drug-likeness (QED) is 0.338. The van der Waals surface area contributed by atoms with Crippen LogP contribution in [0.5, 0.6) is 0 Å². The zero-order valence-corrected chi connectivity index (χ0v) is 17.0. The molecule has 0 bridgehead atoms. The summed E-state index contributed by atoms with van der Waals surface area (Å²) in [6, 6.07) is 25.8. The van der Waals surface area contributed by atoms with Crippen molar-refractivity contribution in [2.45, 2.75) is 14.7 Å².